The van der Waals surface area contributed by atoms with Crippen molar-refractivity contribution in [2.45, 2.75) is 31.7 Å². The molecule has 7 heteroatoms. The van der Waals surface area contributed by atoms with E-state index in [0.717, 1.165) is 75.2 Å². The van der Waals surface area contributed by atoms with Gasteiger partial charge in [-0.3, -0.25) is 9.69 Å². The zero-order valence-corrected chi connectivity index (χ0v) is 21.7. The number of rotatable bonds is 6. The molecule has 0 spiro atoms. The van der Waals surface area contributed by atoms with E-state index in [-0.39, 0.29) is 5.91 Å². The van der Waals surface area contributed by atoms with Crippen LogP contribution in [0, 0.1) is 0 Å². The Morgan fingerprint density at radius 2 is 1.92 bits per heavy atom. The summed E-state index contributed by atoms with van der Waals surface area (Å²) in [5.41, 5.74) is 3.01. The van der Waals surface area contributed by atoms with Crippen LogP contribution in [0.15, 0.2) is 53.9 Å². The van der Waals surface area contributed by atoms with E-state index in [1.54, 1.807) is 7.11 Å². The number of thiophene rings is 1. The van der Waals surface area contributed by atoms with Crippen molar-refractivity contribution in [2.24, 2.45) is 0 Å². The Hall–Kier alpha value is -3.03. The van der Waals surface area contributed by atoms with Gasteiger partial charge < -0.3 is 19.5 Å². The van der Waals surface area contributed by atoms with Crippen molar-refractivity contribution in [3.05, 3.63) is 59.6 Å². The Morgan fingerprint density at radius 3 is 2.78 bits per heavy atom. The van der Waals surface area contributed by atoms with Crippen molar-refractivity contribution < 1.29 is 9.53 Å². The summed E-state index contributed by atoms with van der Waals surface area (Å²) in [7, 11) is 1.67. The average Bonchev–Trinajstić information content (AvgIpc) is 3.56. The fourth-order valence-electron chi connectivity index (χ4n) is 5.82. The van der Waals surface area contributed by atoms with E-state index in [0.29, 0.717) is 11.7 Å². The largest absolute Gasteiger partial charge is 0.497 e. The zero-order valence-electron chi connectivity index (χ0n) is 20.9. The van der Waals surface area contributed by atoms with Gasteiger partial charge in [0, 0.05) is 77.7 Å². The third-order valence-electron chi connectivity index (χ3n) is 7.90. The topological polar surface area (TPSA) is 51.8 Å². The van der Waals surface area contributed by atoms with Crippen LogP contribution in [-0.2, 0) is 0 Å². The Kier molecular flexibility index (Phi) is 6.59. The lowest BCUT2D eigenvalue weighted by atomic mass is 9.98. The van der Waals surface area contributed by atoms with Gasteiger partial charge in [-0.05, 0) is 49.9 Å². The molecule has 1 N–H and O–H groups in total. The number of hydrogen-bond donors (Lipinski definition) is 1. The van der Waals surface area contributed by atoms with E-state index in [9.17, 15) is 4.79 Å². The van der Waals surface area contributed by atoms with Gasteiger partial charge in [0.1, 0.15) is 11.4 Å². The molecule has 2 aromatic carbocycles. The molecular formula is C29H34N4O2S. The molecule has 2 aliphatic rings. The zero-order chi connectivity index (χ0) is 24.5. The van der Waals surface area contributed by atoms with E-state index < -0.39 is 0 Å². The maximum Gasteiger partial charge on any atom is 0.270 e. The molecule has 1 atom stereocenters. The second-order valence-corrected chi connectivity index (χ2v) is 10.9. The number of nitrogens with one attached hydrogen (secondary N) is 1. The first kappa shape index (κ1) is 23.4. The second-order valence-electron chi connectivity index (χ2n) is 10.0. The van der Waals surface area contributed by atoms with Crippen molar-refractivity contribution in [2.75, 3.05) is 51.3 Å². The van der Waals surface area contributed by atoms with Crippen molar-refractivity contribution in [1.82, 2.24) is 14.8 Å². The van der Waals surface area contributed by atoms with Gasteiger partial charge in [-0.1, -0.05) is 18.2 Å². The Labute approximate surface area is 216 Å². The smallest absolute Gasteiger partial charge is 0.270 e. The van der Waals surface area contributed by atoms with E-state index in [2.05, 4.69) is 49.3 Å². The van der Waals surface area contributed by atoms with Gasteiger partial charge in [0.15, 0.2) is 0 Å². The molecule has 4 heterocycles. The summed E-state index contributed by atoms with van der Waals surface area (Å²) in [6, 6.07) is 16.9. The molecule has 0 saturated carbocycles. The molecule has 0 bridgehead atoms. The number of anilines is 1. The van der Waals surface area contributed by atoms with Crippen LogP contribution in [0.2, 0.25) is 0 Å². The molecule has 2 aliphatic heterocycles. The molecule has 2 aromatic heterocycles. The lowest BCUT2D eigenvalue weighted by Gasteiger charge is -2.39. The minimum Gasteiger partial charge on any atom is -0.497 e. The number of piperidine rings is 1. The minimum atomic E-state index is 0.129. The first-order chi connectivity index (χ1) is 17.7. The van der Waals surface area contributed by atoms with Crippen LogP contribution in [0.25, 0.3) is 21.0 Å². The summed E-state index contributed by atoms with van der Waals surface area (Å²) in [5.74, 6) is 0.926. The number of benzene rings is 2. The molecule has 4 aromatic rings. The standard InChI is InChI=1S/C29H34N4O2S/c1-35-23-10-9-21-18-26(30-25(21)19-23)29(34)33-12-5-4-6-22(33)11-13-31-14-16-32(17-15-31)27-20-36-28-8-3-2-7-24(27)28/h2-3,7-10,18-20,22,30H,4-6,11-17H2,1H3/t22-/m0/s1. The predicted molar refractivity (Wildman–Crippen MR) is 149 cm³/mol. The number of hydrogen-bond acceptors (Lipinski definition) is 5. The van der Waals surface area contributed by atoms with Crippen LogP contribution >= 0.6 is 11.3 Å². The van der Waals surface area contributed by atoms with Crippen molar-refractivity contribution in [1.29, 1.82) is 0 Å². The average molecular weight is 503 g/mol. The lowest BCUT2D eigenvalue weighted by Crippen LogP contribution is -2.49. The number of nitrogens with zero attached hydrogens (tertiary/aromatic N) is 3. The van der Waals surface area contributed by atoms with E-state index in [1.807, 2.05) is 35.6 Å². The minimum absolute atomic E-state index is 0.129. The quantitative estimate of drug-likeness (QED) is 0.373. The van der Waals surface area contributed by atoms with Gasteiger partial charge in [0.05, 0.1) is 12.8 Å². The summed E-state index contributed by atoms with van der Waals surface area (Å²) in [5, 5.41) is 4.73. The molecule has 6 nitrogen and oxygen atoms in total. The van der Waals surface area contributed by atoms with E-state index >= 15 is 0 Å². The van der Waals surface area contributed by atoms with Crippen LogP contribution in [0.5, 0.6) is 5.75 Å². The van der Waals surface area contributed by atoms with Gasteiger partial charge in [-0.2, -0.15) is 0 Å². The molecule has 0 unspecified atom stereocenters. The van der Waals surface area contributed by atoms with E-state index in [4.69, 9.17) is 4.74 Å². The molecule has 6 rings (SSSR count). The third-order valence-corrected chi connectivity index (χ3v) is 8.85. The van der Waals surface area contributed by atoms with Gasteiger partial charge in [0.2, 0.25) is 0 Å². The summed E-state index contributed by atoms with van der Waals surface area (Å²) >= 11 is 1.84. The first-order valence-electron chi connectivity index (χ1n) is 13.1. The summed E-state index contributed by atoms with van der Waals surface area (Å²) in [4.78, 5) is 24.1. The number of aromatic amines is 1. The number of carbonyl (C=O) groups is 1. The number of amides is 1. The Morgan fingerprint density at radius 1 is 1.06 bits per heavy atom. The SMILES string of the molecule is COc1ccc2cc(C(=O)N3CCCC[C@H]3CCN3CCN(c4csc5ccccc45)CC3)[nH]c2c1. The number of methoxy groups -OCH3 is 1. The molecule has 0 aliphatic carbocycles. The van der Waals surface area contributed by atoms with Gasteiger partial charge >= 0.3 is 0 Å². The van der Waals surface area contributed by atoms with Crippen molar-refractivity contribution >= 4 is 43.9 Å². The van der Waals surface area contributed by atoms with E-state index in [1.165, 1.54) is 22.2 Å². The fourth-order valence-corrected chi connectivity index (χ4v) is 6.80. The maximum absolute atomic E-state index is 13.5. The van der Waals surface area contributed by atoms with Crippen LogP contribution in [0.4, 0.5) is 5.69 Å². The summed E-state index contributed by atoms with van der Waals surface area (Å²) in [6.45, 7) is 6.18. The summed E-state index contributed by atoms with van der Waals surface area (Å²) < 4.78 is 6.71. The highest BCUT2D eigenvalue weighted by molar-refractivity contribution is 7.17. The van der Waals surface area contributed by atoms with Crippen LogP contribution in [0.1, 0.15) is 36.2 Å². The van der Waals surface area contributed by atoms with Crippen LogP contribution in [-0.4, -0.2) is 73.1 Å². The number of likely N-dealkylation sites (tertiary alicyclic amines) is 1. The van der Waals surface area contributed by atoms with Gasteiger partial charge in [0.25, 0.3) is 5.91 Å². The van der Waals surface area contributed by atoms with Crippen LogP contribution < -0.4 is 9.64 Å². The number of carbonyl (C=O) groups excluding carboxylic acids is 1. The Bertz CT molecular complexity index is 1350. The highest BCUT2D eigenvalue weighted by atomic mass is 32.1. The second kappa shape index (κ2) is 10.1. The predicted octanol–water partition coefficient (Wildman–Crippen LogP) is 5.60. The molecule has 36 heavy (non-hydrogen) atoms. The highest BCUT2D eigenvalue weighted by Gasteiger charge is 2.29. The highest BCUT2D eigenvalue weighted by Crippen LogP contribution is 2.33. The molecule has 2 saturated heterocycles. The molecule has 2 fully saturated rings. The molecule has 1 amide bonds. The summed E-state index contributed by atoms with van der Waals surface area (Å²) in [6.07, 6.45) is 4.43. The van der Waals surface area contributed by atoms with Crippen molar-refractivity contribution in [3.8, 4) is 5.75 Å². The van der Waals surface area contributed by atoms with Gasteiger partial charge in [-0.25, -0.2) is 0 Å². The number of H-pyrrole nitrogens is 1. The van der Waals surface area contributed by atoms with Crippen molar-refractivity contribution in [3.63, 3.8) is 0 Å². The number of fused-ring (bicyclic) bond motifs is 2. The van der Waals surface area contributed by atoms with Crippen LogP contribution in [0.3, 0.4) is 0 Å². The number of aromatic nitrogens is 1. The lowest BCUT2D eigenvalue weighted by molar-refractivity contribution is 0.0577. The Balaban J connectivity index is 1.07. The maximum atomic E-state index is 13.5. The molecule has 0 radical (unpaired) electrons. The third kappa shape index (κ3) is 4.58. The first-order valence-corrected chi connectivity index (χ1v) is 14.0. The molecule has 188 valence electrons. The number of piperazine rings is 1. The fraction of sp³-hybridized carbons (Fsp3) is 0.414. The number of ether oxygens (including phenoxy) is 1. The monoisotopic (exact) mass is 502 g/mol. The van der Waals surface area contributed by atoms with Gasteiger partial charge in [-0.15, -0.1) is 11.3 Å². The molecular weight excluding hydrogens is 468 g/mol. The normalized spacial score (nSPS) is 19.3.